The monoisotopic (exact) mass is 337 g/mol. The van der Waals surface area contributed by atoms with Gasteiger partial charge < -0.3 is 20.9 Å². The fourth-order valence-electron chi connectivity index (χ4n) is 2.66. The van der Waals surface area contributed by atoms with E-state index in [2.05, 4.69) is 15.3 Å². The number of carbonyl (C=O) groups excluding carboxylic acids is 2. The highest BCUT2D eigenvalue weighted by Gasteiger charge is 2.15. The maximum absolute atomic E-state index is 12.7. The lowest BCUT2D eigenvalue weighted by Gasteiger charge is -2.15. The lowest BCUT2D eigenvalue weighted by atomic mass is 10.1. The number of primary amides is 1. The van der Waals surface area contributed by atoms with Gasteiger partial charge in [0.25, 0.3) is 5.91 Å². The van der Waals surface area contributed by atoms with Crippen LogP contribution in [0.25, 0.3) is 11.0 Å². The highest BCUT2D eigenvalue weighted by atomic mass is 16.2. The van der Waals surface area contributed by atoms with Crippen LogP contribution in [-0.4, -0.2) is 40.8 Å². The van der Waals surface area contributed by atoms with E-state index < -0.39 is 5.91 Å². The fourth-order valence-corrected chi connectivity index (χ4v) is 2.66. The van der Waals surface area contributed by atoms with Crippen LogP contribution in [0.2, 0.25) is 0 Å². The molecule has 0 fully saturated rings. The number of benzene rings is 1. The molecule has 25 heavy (non-hydrogen) atoms. The van der Waals surface area contributed by atoms with Gasteiger partial charge in [0, 0.05) is 35.6 Å². The van der Waals surface area contributed by atoms with Gasteiger partial charge in [0.2, 0.25) is 5.91 Å². The number of pyridine rings is 1. The number of carbonyl (C=O) groups is 2. The molecule has 7 nitrogen and oxygen atoms in total. The number of hydrogen-bond donors (Lipinski definition) is 3. The van der Waals surface area contributed by atoms with Gasteiger partial charge in [0.05, 0.1) is 5.56 Å². The summed E-state index contributed by atoms with van der Waals surface area (Å²) in [6.45, 7) is 0.615. The van der Waals surface area contributed by atoms with Crippen LogP contribution in [0.3, 0.4) is 0 Å². The van der Waals surface area contributed by atoms with Crippen LogP contribution >= 0.6 is 0 Å². The van der Waals surface area contributed by atoms with E-state index in [1.165, 1.54) is 0 Å². The molecule has 2 amide bonds. The molecule has 7 heteroatoms. The molecule has 3 aromatic rings. The van der Waals surface area contributed by atoms with E-state index in [1.807, 2.05) is 25.1 Å². The third kappa shape index (κ3) is 3.51. The van der Waals surface area contributed by atoms with Gasteiger partial charge in [-0.3, -0.25) is 9.59 Å². The Morgan fingerprint density at radius 1 is 1.28 bits per heavy atom. The molecule has 3 rings (SSSR count). The van der Waals surface area contributed by atoms with E-state index in [1.54, 1.807) is 36.7 Å². The molecule has 0 spiro atoms. The number of fused-ring (bicyclic) bond motifs is 1. The summed E-state index contributed by atoms with van der Waals surface area (Å²) in [7, 11) is 3.86. The maximum Gasteiger partial charge on any atom is 0.257 e. The highest BCUT2D eigenvalue weighted by Crippen LogP contribution is 2.22. The number of nitrogens with two attached hydrogens (primary N) is 1. The number of anilines is 1. The number of nitrogens with one attached hydrogen (secondary N) is 2. The minimum atomic E-state index is -0.539. The zero-order chi connectivity index (χ0) is 18.0. The van der Waals surface area contributed by atoms with E-state index in [-0.39, 0.29) is 5.91 Å². The van der Waals surface area contributed by atoms with Crippen LogP contribution in [0, 0.1) is 0 Å². The molecule has 0 unspecified atom stereocenters. The summed E-state index contributed by atoms with van der Waals surface area (Å²) in [4.78, 5) is 33.3. The Morgan fingerprint density at radius 2 is 2.08 bits per heavy atom. The van der Waals surface area contributed by atoms with Crippen LogP contribution in [0.15, 0.2) is 42.7 Å². The van der Waals surface area contributed by atoms with Crippen molar-refractivity contribution in [2.75, 3.05) is 19.4 Å². The van der Waals surface area contributed by atoms with Crippen LogP contribution in [-0.2, 0) is 6.54 Å². The van der Waals surface area contributed by atoms with Crippen molar-refractivity contribution >= 4 is 28.5 Å². The summed E-state index contributed by atoms with van der Waals surface area (Å²) in [6, 6.07) is 8.66. The first-order chi connectivity index (χ1) is 12.0. The van der Waals surface area contributed by atoms with Gasteiger partial charge >= 0.3 is 0 Å². The van der Waals surface area contributed by atoms with Crippen molar-refractivity contribution in [1.82, 2.24) is 14.9 Å². The molecule has 0 atom stereocenters. The Morgan fingerprint density at radius 3 is 2.80 bits per heavy atom. The van der Waals surface area contributed by atoms with Gasteiger partial charge in [-0.1, -0.05) is 6.07 Å². The Labute approximate surface area is 144 Å². The molecule has 0 saturated carbocycles. The second-order valence-electron chi connectivity index (χ2n) is 6.03. The lowest BCUT2D eigenvalue weighted by molar-refractivity contribution is 0.0996. The standard InChI is InChI=1S/C18H19N5O2/c1-23(2)10-12-6-5-11(16(19)24)8-15(12)22-18(25)14-9-21-17-13(14)4-3-7-20-17/h3-9H,10H2,1-2H3,(H2,19,24)(H,20,21)(H,22,25). The van der Waals surface area contributed by atoms with Crippen molar-refractivity contribution in [2.45, 2.75) is 6.54 Å². The fraction of sp³-hybridized carbons (Fsp3) is 0.167. The predicted molar refractivity (Wildman–Crippen MR) is 96.4 cm³/mol. The average molecular weight is 337 g/mol. The van der Waals surface area contributed by atoms with Crippen LogP contribution in [0.4, 0.5) is 5.69 Å². The van der Waals surface area contributed by atoms with E-state index in [0.29, 0.717) is 29.0 Å². The molecule has 128 valence electrons. The molecule has 4 N–H and O–H groups in total. The first-order valence-corrected chi connectivity index (χ1v) is 7.76. The second kappa shape index (κ2) is 6.74. The number of rotatable bonds is 5. The van der Waals surface area contributed by atoms with E-state index >= 15 is 0 Å². The second-order valence-corrected chi connectivity index (χ2v) is 6.03. The Kier molecular flexibility index (Phi) is 4.49. The van der Waals surface area contributed by atoms with Crippen LogP contribution < -0.4 is 11.1 Å². The summed E-state index contributed by atoms with van der Waals surface area (Å²) in [5.41, 5.74) is 8.29. The number of aromatic nitrogens is 2. The summed E-state index contributed by atoms with van der Waals surface area (Å²) in [6.07, 6.45) is 3.28. The summed E-state index contributed by atoms with van der Waals surface area (Å²) in [5, 5.41) is 3.62. The molecule has 2 aromatic heterocycles. The quantitative estimate of drug-likeness (QED) is 0.662. The molecule has 0 radical (unpaired) electrons. The number of hydrogen-bond acceptors (Lipinski definition) is 4. The minimum Gasteiger partial charge on any atom is -0.366 e. The first-order valence-electron chi connectivity index (χ1n) is 7.76. The van der Waals surface area contributed by atoms with Crippen molar-refractivity contribution in [3.63, 3.8) is 0 Å². The van der Waals surface area contributed by atoms with Gasteiger partial charge in [-0.15, -0.1) is 0 Å². The van der Waals surface area contributed by atoms with Gasteiger partial charge in [-0.05, 0) is 43.9 Å². The molecule has 0 aliphatic rings. The molecule has 2 heterocycles. The van der Waals surface area contributed by atoms with E-state index in [0.717, 1.165) is 10.9 Å². The van der Waals surface area contributed by atoms with E-state index in [4.69, 9.17) is 5.73 Å². The molecule has 1 aromatic carbocycles. The molecular formula is C18H19N5O2. The van der Waals surface area contributed by atoms with Crippen molar-refractivity contribution in [3.05, 3.63) is 59.4 Å². The lowest BCUT2D eigenvalue weighted by Crippen LogP contribution is -2.18. The maximum atomic E-state index is 12.7. The number of aromatic amines is 1. The van der Waals surface area contributed by atoms with Gasteiger partial charge in [-0.2, -0.15) is 0 Å². The third-order valence-electron chi connectivity index (χ3n) is 3.82. The summed E-state index contributed by atoms with van der Waals surface area (Å²) in [5.74, 6) is -0.816. The van der Waals surface area contributed by atoms with Gasteiger partial charge in [-0.25, -0.2) is 4.98 Å². The first kappa shape index (κ1) is 16.7. The zero-order valence-electron chi connectivity index (χ0n) is 14.0. The normalized spacial score (nSPS) is 11.0. The average Bonchev–Trinajstić information content (AvgIpc) is 3.00. The van der Waals surface area contributed by atoms with Gasteiger partial charge in [0.15, 0.2) is 0 Å². The van der Waals surface area contributed by atoms with Crippen molar-refractivity contribution in [2.24, 2.45) is 5.73 Å². The number of nitrogens with zero attached hydrogens (tertiary/aromatic N) is 2. The van der Waals surface area contributed by atoms with Crippen molar-refractivity contribution < 1.29 is 9.59 Å². The van der Waals surface area contributed by atoms with Crippen LogP contribution in [0.1, 0.15) is 26.3 Å². The Bertz CT molecular complexity index is 946. The topological polar surface area (TPSA) is 104 Å². The number of amides is 2. The van der Waals surface area contributed by atoms with Crippen molar-refractivity contribution in [1.29, 1.82) is 0 Å². The molecule has 0 saturated heterocycles. The van der Waals surface area contributed by atoms with Crippen LogP contribution in [0.5, 0.6) is 0 Å². The third-order valence-corrected chi connectivity index (χ3v) is 3.82. The zero-order valence-corrected chi connectivity index (χ0v) is 14.0. The minimum absolute atomic E-state index is 0.277. The SMILES string of the molecule is CN(C)Cc1ccc(C(N)=O)cc1NC(=O)c1c[nH]c2ncccc12. The van der Waals surface area contributed by atoms with Crippen molar-refractivity contribution in [3.8, 4) is 0 Å². The Balaban J connectivity index is 1.96. The number of H-pyrrole nitrogens is 1. The molecule has 0 aliphatic heterocycles. The van der Waals surface area contributed by atoms with Gasteiger partial charge in [0.1, 0.15) is 5.65 Å². The molecule has 0 bridgehead atoms. The smallest absolute Gasteiger partial charge is 0.257 e. The molecular weight excluding hydrogens is 318 g/mol. The summed E-state index contributed by atoms with van der Waals surface area (Å²) < 4.78 is 0. The predicted octanol–water partition coefficient (Wildman–Crippen LogP) is 1.98. The van der Waals surface area contributed by atoms with E-state index in [9.17, 15) is 9.59 Å². The highest BCUT2D eigenvalue weighted by molar-refractivity contribution is 6.12. The largest absolute Gasteiger partial charge is 0.366 e. The Hall–Kier alpha value is -3.19. The molecule has 0 aliphatic carbocycles. The summed E-state index contributed by atoms with van der Waals surface area (Å²) >= 11 is 0.